The topological polar surface area (TPSA) is 84.5 Å². The zero-order valence-corrected chi connectivity index (χ0v) is 13.9. The third kappa shape index (κ3) is 6.39. The Hall–Kier alpha value is -0.370. The van der Waals surface area contributed by atoms with Crippen molar-refractivity contribution in [2.75, 3.05) is 32.1 Å². The first-order chi connectivity index (χ1) is 8.72. The van der Waals surface area contributed by atoms with Gasteiger partial charge in [-0.2, -0.15) is 0 Å². The molecule has 20 heavy (non-hydrogen) atoms. The summed E-state index contributed by atoms with van der Waals surface area (Å²) in [5.41, 5.74) is 0. The molecule has 1 unspecified atom stereocenters. The van der Waals surface area contributed by atoms with Gasteiger partial charge in [0.2, 0.25) is 5.91 Å². The number of morpholine rings is 1. The highest BCUT2D eigenvalue weighted by atomic mass is 35.5. The van der Waals surface area contributed by atoms with Crippen molar-refractivity contribution >= 4 is 28.2 Å². The van der Waals surface area contributed by atoms with Crippen LogP contribution in [0.15, 0.2) is 0 Å². The summed E-state index contributed by atoms with van der Waals surface area (Å²) >= 11 is 0. The maximum Gasteiger partial charge on any atom is 0.221 e. The zero-order valence-electron chi connectivity index (χ0n) is 12.3. The van der Waals surface area contributed by atoms with Gasteiger partial charge in [-0.15, -0.1) is 12.4 Å². The lowest BCUT2D eigenvalue weighted by atomic mass is 10.2. The molecule has 1 aliphatic heterocycles. The Kier molecular flexibility index (Phi) is 8.01. The van der Waals surface area contributed by atoms with Gasteiger partial charge in [0.1, 0.15) is 0 Å². The molecule has 1 amide bonds. The van der Waals surface area contributed by atoms with E-state index in [9.17, 15) is 13.2 Å². The first kappa shape index (κ1) is 19.6. The third-order valence-electron chi connectivity index (χ3n) is 3.06. The minimum atomic E-state index is -3.18. The SMILES string of the molecule is CC(C)(C)S(=O)(=O)CCNC(=O)CC1COCCN1.Cl. The zero-order chi connectivity index (χ0) is 14.5. The monoisotopic (exact) mass is 328 g/mol. The van der Waals surface area contributed by atoms with Gasteiger partial charge in [0.25, 0.3) is 0 Å². The number of ether oxygens (including phenoxy) is 1. The molecular formula is C12H25ClN2O4S. The van der Waals surface area contributed by atoms with E-state index in [0.29, 0.717) is 19.6 Å². The van der Waals surface area contributed by atoms with Gasteiger partial charge in [-0.25, -0.2) is 8.42 Å². The summed E-state index contributed by atoms with van der Waals surface area (Å²) in [7, 11) is -3.18. The van der Waals surface area contributed by atoms with Crippen molar-refractivity contribution in [1.82, 2.24) is 10.6 Å². The molecule has 0 radical (unpaired) electrons. The van der Waals surface area contributed by atoms with E-state index in [4.69, 9.17) is 4.74 Å². The fourth-order valence-corrected chi connectivity index (χ4v) is 2.66. The average Bonchev–Trinajstić information content (AvgIpc) is 2.28. The smallest absolute Gasteiger partial charge is 0.221 e. The first-order valence-corrected chi connectivity index (χ1v) is 8.18. The molecule has 1 fully saturated rings. The molecule has 1 saturated heterocycles. The third-order valence-corrected chi connectivity index (χ3v) is 5.66. The molecular weight excluding hydrogens is 304 g/mol. The number of halogens is 1. The summed E-state index contributed by atoms with van der Waals surface area (Å²) in [5.74, 6) is -0.177. The fourth-order valence-electron chi connectivity index (χ4n) is 1.68. The van der Waals surface area contributed by atoms with E-state index < -0.39 is 14.6 Å². The molecule has 0 aromatic rings. The number of amides is 1. The number of nitrogens with one attached hydrogen (secondary N) is 2. The summed E-state index contributed by atoms with van der Waals surface area (Å²) in [6, 6.07) is 0.0213. The van der Waals surface area contributed by atoms with Gasteiger partial charge in [-0.1, -0.05) is 0 Å². The van der Waals surface area contributed by atoms with E-state index in [1.54, 1.807) is 20.8 Å². The molecule has 0 spiro atoms. The second-order valence-corrected chi connectivity index (χ2v) is 8.57. The minimum Gasteiger partial charge on any atom is -0.378 e. The van der Waals surface area contributed by atoms with Crippen LogP contribution < -0.4 is 10.6 Å². The van der Waals surface area contributed by atoms with Crippen LogP contribution in [0, 0.1) is 0 Å². The van der Waals surface area contributed by atoms with E-state index in [1.165, 1.54) is 0 Å². The van der Waals surface area contributed by atoms with Crippen LogP contribution in [0.25, 0.3) is 0 Å². The van der Waals surface area contributed by atoms with Crippen LogP contribution in [0.3, 0.4) is 0 Å². The quantitative estimate of drug-likeness (QED) is 0.748. The number of hydrogen-bond acceptors (Lipinski definition) is 5. The van der Waals surface area contributed by atoms with Crippen molar-refractivity contribution < 1.29 is 17.9 Å². The molecule has 0 aromatic heterocycles. The number of rotatable bonds is 5. The van der Waals surface area contributed by atoms with Crippen molar-refractivity contribution in [2.24, 2.45) is 0 Å². The number of carbonyl (C=O) groups excluding carboxylic acids is 1. The van der Waals surface area contributed by atoms with Gasteiger partial charge < -0.3 is 15.4 Å². The highest BCUT2D eigenvalue weighted by Gasteiger charge is 2.28. The van der Waals surface area contributed by atoms with Gasteiger partial charge >= 0.3 is 0 Å². The fraction of sp³-hybridized carbons (Fsp3) is 0.917. The van der Waals surface area contributed by atoms with E-state index in [-0.39, 0.29) is 36.7 Å². The van der Waals surface area contributed by atoms with E-state index in [1.807, 2.05) is 0 Å². The standard InChI is InChI=1S/C12H24N2O4S.ClH/c1-12(2,3)19(16,17)7-5-14-11(15)8-10-9-18-6-4-13-10;/h10,13H,4-9H2,1-3H3,(H,14,15);1H. The van der Waals surface area contributed by atoms with Crippen molar-refractivity contribution in [2.45, 2.75) is 38.0 Å². The molecule has 1 rings (SSSR count). The average molecular weight is 329 g/mol. The Bertz CT molecular complexity index is 400. The Balaban J connectivity index is 0.00000361. The van der Waals surface area contributed by atoms with E-state index >= 15 is 0 Å². The molecule has 0 aromatic carbocycles. The van der Waals surface area contributed by atoms with Crippen LogP contribution in [-0.2, 0) is 19.4 Å². The second kappa shape index (κ2) is 8.17. The lowest BCUT2D eigenvalue weighted by Gasteiger charge is -2.23. The molecule has 1 aliphatic rings. The highest BCUT2D eigenvalue weighted by molar-refractivity contribution is 7.92. The van der Waals surface area contributed by atoms with Crippen LogP contribution in [0.4, 0.5) is 0 Å². The van der Waals surface area contributed by atoms with Gasteiger partial charge in [0.05, 0.1) is 23.7 Å². The molecule has 0 aliphatic carbocycles. The molecule has 8 heteroatoms. The molecule has 2 N–H and O–H groups in total. The van der Waals surface area contributed by atoms with Crippen LogP contribution in [-0.4, -0.2) is 57.2 Å². The van der Waals surface area contributed by atoms with Gasteiger partial charge in [0.15, 0.2) is 9.84 Å². The maximum absolute atomic E-state index is 11.8. The normalized spacial score (nSPS) is 20.1. The van der Waals surface area contributed by atoms with Crippen molar-refractivity contribution in [3.8, 4) is 0 Å². The molecule has 0 bridgehead atoms. The van der Waals surface area contributed by atoms with Crippen molar-refractivity contribution in [3.05, 3.63) is 0 Å². The van der Waals surface area contributed by atoms with Gasteiger partial charge in [-0.3, -0.25) is 4.79 Å². The van der Waals surface area contributed by atoms with Crippen molar-refractivity contribution in [1.29, 1.82) is 0 Å². The minimum absolute atomic E-state index is 0. The lowest BCUT2D eigenvalue weighted by molar-refractivity contribution is -0.122. The Labute approximate surface area is 127 Å². The Morgan fingerprint density at radius 3 is 2.55 bits per heavy atom. The number of hydrogen-bond donors (Lipinski definition) is 2. The summed E-state index contributed by atoms with van der Waals surface area (Å²) in [4.78, 5) is 11.6. The van der Waals surface area contributed by atoms with E-state index in [2.05, 4.69) is 10.6 Å². The molecule has 6 nitrogen and oxygen atoms in total. The van der Waals surface area contributed by atoms with Crippen LogP contribution in [0.1, 0.15) is 27.2 Å². The maximum atomic E-state index is 11.8. The first-order valence-electron chi connectivity index (χ1n) is 6.52. The molecule has 1 atom stereocenters. The summed E-state index contributed by atoms with van der Waals surface area (Å²) in [6.07, 6.45) is 0.315. The van der Waals surface area contributed by atoms with Crippen LogP contribution in [0.2, 0.25) is 0 Å². The van der Waals surface area contributed by atoms with Gasteiger partial charge in [-0.05, 0) is 20.8 Å². The Morgan fingerprint density at radius 2 is 2.05 bits per heavy atom. The summed E-state index contributed by atoms with van der Waals surface area (Å²) in [6.45, 7) is 7.08. The molecule has 0 saturated carbocycles. The predicted molar refractivity (Wildman–Crippen MR) is 81.0 cm³/mol. The van der Waals surface area contributed by atoms with E-state index in [0.717, 1.165) is 6.54 Å². The lowest BCUT2D eigenvalue weighted by Crippen LogP contribution is -2.45. The Morgan fingerprint density at radius 1 is 1.40 bits per heavy atom. The molecule has 120 valence electrons. The summed E-state index contributed by atoms with van der Waals surface area (Å²) < 4.78 is 28.1. The molecule has 1 heterocycles. The largest absolute Gasteiger partial charge is 0.378 e. The number of sulfone groups is 1. The van der Waals surface area contributed by atoms with Crippen LogP contribution in [0.5, 0.6) is 0 Å². The highest BCUT2D eigenvalue weighted by Crippen LogP contribution is 2.15. The van der Waals surface area contributed by atoms with Crippen LogP contribution >= 0.6 is 12.4 Å². The second-order valence-electron chi connectivity index (χ2n) is 5.71. The predicted octanol–water partition coefficient (Wildman–Crippen LogP) is 0.116. The number of carbonyl (C=O) groups is 1. The van der Waals surface area contributed by atoms with Crippen molar-refractivity contribution in [3.63, 3.8) is 0 Å². The van der Waals surface area contributed by atoms with Gasteiger partial charge in [0, 0.05) is 25.6 Å². The summed E-state index contributed by atoms with van der Waals surface area (Å²) in [5, 5.41) is 5.82.